The van der Waals surface area contributed by atoms with E-state index < -0.39 is 6.09 Å². The minimum absolute atomic E-state index is 0.0767. The Balaban J connectivity index is 1.56. The van der Waals surface area contributed by atoms with Crippen LogP contribution < -0.4 is 10.2 Å². The molecule has 1 atom stereocenters. The Labute approximate surface area is 149 Å². The van der Waals surface area contributed by atoms with Gasteiger partial charge in [0, 0.05) is 23.0 Å². The summed E-state index contributed by atoms with van der Waals surface area (Å²) >= 11 is 0. The lowest BCUT2D eigenvalue weighted by Gasteiger charge is -2.16. The van der Waals surface area contributed by atoms with Gasteiger partial charge < -0.3 is 19.4 Å². The normalized spacial score (nSPS) is 19.3. The molecule has 136 valence electrons. The number of hydrogen-bond donors (Lipinski definition) is 1. The lowest BCUT2D eigenvalue weighted by atomic mass is 10.2. The number of aromatic nitrogens is 1. The second kappa shape index (κ2) is 6.36. The van der Waals surface area contributed by atoms with E-state index in [-0.39, 0.29) is 18.0 Å². The molecule has 1 fully saturated rings. The van der Waals surface area contributed by atoms with Gasteiger partial charge in [-0.25, -0.2) is 9.59 Å². The first-order chi connectivity index (χ1) is 12.6. The third-order valence-electron chi connectivity index (χ3n) is 4.68. The van der Waals surface area contributed by atoms with Crippen molar-refractivity contribution in [2.75, 3.05) is 24.6 Å². The Hall–Kier alpha value is -3.03. The van der Waals surface area contributed by atoms with Crippen molar-refractivity contribution in [1.82, 2.24) is 9.88 Å². The summed E-state index contributed by atoms with van der Waals surface area (Å²) in [5.74, 6) is -0.409. The van der Waals surface area contributed by atoms with Gasteiger partial charge in [-0.1, -0.05) is 6.92 Å². The third-order valence-corrected chi connectivity index (χ3v) is 4.68. The SMILES string of the molecule is CCC(=O)NC[C@H]1CN(c2ccc3c(c2)cc2n3CCOC2=O)C(=O)O1. The van der Waals surface area contributed by atoms with Crippen molar-refractivity contribution in [1.29, 1.82) is 0 Å². The fourth-order valence-electron chi connectivity index (χ4n) is 3.33. The van der Waals surface area contributed by atoms with Crippen molar-refractivity contribution in [3.63, 3.8) is 0 Å². The van der Waals surface area contributed by atoms with Crippen LogP contribution in [-0.2, 0) is 20.8 Å². The Kier molecular flexibility index (Phi) is 4.02. The topological polar surface area (TPSA) is 89.9 Å². The molecule has 1 aromatic heterocycles. The molecule has 4 rings (SSSR count). The maximum Gasteiger partial charge on any atom is 0.414 e. The molecule has 0 saturated carbocycles. The van der Waals surface area contributed by atoms with Crippen molar-refractivity contribution < 1.29 is 23.9 Å². The van der Waals surface area contributed by atoms with Gasteiger partial charge in [-0.2, -0.15) is 0 Å². The van der Waals surface area contributed by atoms with Crippen molar-refractivity contribution in [2.45, 2.75) is 26.0 Å². The van der Waals surface area contributed by atoms with E-state index in [1.165, 1.54) is 4.90 Å². The molecule has 3 heterocycles. The third kappa shape index (κ3) is 2.77. The van der Waals surface area contributed by atoms with Gasteiger partial charge in [0.05, 0.1) is 19.6 Å². The number of carbonyl (C=O) groups excluding carboxylic acids is 3. The second-order valence-corrected chi connectivity index (χ2v) is 6.33. The quantitative estimate of drug-likeness (QED) is 0.841. The molecule has 0 bridgehead atoms. The Morgan fingerprint density at radius 1 is 1.31 bits per heavy atom. The van der Waals surface area contributed by atoms with Gasteiger partial charge in [0.25, 0.3) is 0 Å². The van der Waals surface area contributed by atoms with Gasteiger partial charge in [-0.05, 0) is 24.3 Å². The molecule has 0 unspecified atom stereocenters. The minimum atomic E-state index is -0.441. The molecule has 0 radical (unpaired) electrons. The number of cyclic esters (lactones) is 2. The number of rotatable bonds is 4. The minimum Gasteiger partial charge on any atom is -0.459 e. The summed E-state index contributed by atoms with van der Waals surface area (Å²) in [6.07, 6.45) is -0.433. The first-order valence-electron chi connectivity index (χ1n) is 8.62. The molecule has 1 saturated heterocycles. The summed E-state index contributed by atoms with van der Waals surface area (Å²) in [7, 11) is 0. The predicted molar refractivity (Wildman–Crippen MR) is 93.1 cm³/mol. The van der Waals surface area contributed by atoms with E-state index in [9.17, 15) is 14.4 Å². The number of hydrogen-bond acceptors (Lipinski definition) is 5. The number of ether oxygens (including phenoxy) is 2. The molecule has 0 aliphatic carbocycles. The standard InChI is InChI=1S/C18H19N3O5/c1-2-16(22)19-9-13-10-21(18(24)26-13)12-3-4-14-11(7-12)8-15-17(23)25-6-5-20(14)15/h3-4,7-8,13H,2,5-6,9-10H2,1H3,(H,19,22)/t13-/m0/s1. The summed E-state index contributed by atoms with van der Waals surface area (Å²) in [6, 6.07) is 7.37. The van der Waals surface area contributed by atoms with Crippen molar-refractivity contribution in [3.8, 4) is 0 Å². The first kappa shape index (κ1) is 16.4. The van der Waals surface area contributed by atoms with Crippen LogP contribution in [0.4, 0.5) is 10.5 Å². The Morgan fingerprint density at radius 2 is 2.15 bits per heavy atom. The van der Waals surface area contributed by atoms with Crippen LogP contribution in [0.5, 0.6) is 0 Å². The Morgan fingerprint density at radius 3 is 2.96 bits per heavy atom. The van der Waals surface area contributed by atoms with Crippen LogP contribution in [0.2, 0.25) is 0 Å². The van der Waals surface area contributed by atoms with Crippen LogP contribution in [0.3, 0.4) is 0 Å². The van der Waals surface area contributed by atoms with Gasteiger partial charge in [0.2, 0.25) is 5.91 Å². The van der Waals surface area contributed by atoms with Gasteiger partial charge in [0.1, 0.15) is 18.4 Å². The average Bonchev–Trinajstić information content (AvgIpc) is 3.20. The van der Waals surface area contributed by atoms with Gasteiger partial charge in [-0.3, -0.25) is 9.69 Å². The van der Waals surface area contributed by atoms with Crippen LogP contribution in [-0.4, -0.2) is 48.3 Å². The van der Waals surface area contributed by atoms with Crippen LogP contribution in [0.25, 0.3) is 10.9 Å². The molecule has 8 nitrogen and oxygen atoms in total. The van der Waals surface area contributed by atoms with E-state index in [1.54, 1.807) is 13.0 Å². The van der Waals surface area contributed by atoms with Gasteiger partial charge in [0.15, 0.2) is 0 Å². The number of nitrogens with one attached hydrogen (secondary N) is 1. The second-order valence-electron chi connectivity index (χ2n) is 6.33. The summed E-state index contributed by atoms with van der Waals surface area (Å²) in [5, 5.41) is 3.60. The van der Waals surface area contributed by atoms with E-state index in [0.29, 0.717) is 44.0 Å². The molecule has 8 heteroatoms. The highest BCUT2D eigenvalue weighted by atomic mass is 16.6. The smallest absolute Gasteiger partial charge is 0.414 e. The molecule has 1 N–H and O–H groups in total. The molecule has 2 aromatic rings. The average molecular weight is 357 g/mol. The molecule has 2 aliphatic rings. The number of benzene rings is 1. The summed E-state index contributed by atoms with van der Waals surface area (Å²) in [4.78, 5) is 37.0. The van der Waals surface area contributed by atoms with Crippen molar-refractivity contribution in [3.05, 3.63) is 30.0 Å². The van der Waals surface area contributed by atoms with E-state index >= 15 is 0 Å². The molecule has 2 amide bonds. The summed E-state index contributed by atoms with van der Waals surface area (Å²) in [5.41, 5.74) is 2.15. The van der Waals surface area contributed by atoms with Gasteiger partial charge in [-0.15, -0.1) is 0 Å². The highest BCUT2D eigenvalue weighted by Crippen LogP contribution is 2.29. The van der Waals surface area contributed by atoms with Crippen molar-refractivity contribution >= 4 is 34.6 Å². The van der Waals surface area contributed by atoms with E-state index in [0.717, 1.165) is 10.9 Å². The van der Waals surface area contributed by atoms with E-state index in [2.05, 4.69) is 5.32 Å². The highest BCUT2D eigenvalue weighted by Gasteiger charge is 2.33. The van der Waals surface area contributed by atoms with Crippen LogP contribution >= 0.6 is 0 Å². The lowest BCUT2D eigenvalue weighted by molar-refractivity contribution is -0.121. The number of nitrogens with zero attached hydrogens (tertiary/aromatic N) is 2. The van der Waals surface area contributed by atoms with E-state index in [4.69, 9.17) is 9.47 Å². The summed E-state index contributed by atoms with van der Waals surface area (Å²) < 4.78 is 12.3. The Bertz CT molecular complexity index is 904. The molecular formula is C18H19N3O5. The maximum atomic E-state index is 12.2. The number of amides is 2. The molecule has 0 spiro atoms. The molecule has 2 aliphatic heterocycles. The predicted octanol–water partition coefficient (Wildman–Crippen LogP) is 1.66. The number of fused-ring (bicyclic) bond motifs is 3. The maximum absolute atomic E-state index is 12.2. The zero-order chi connectivity index (χ0) is 18.3. The lowest BCUT2D eigenvalue weighted by Crippen LogP contribution is -2.34. The van der Waals surface area contributed by atoms with Crippen LogP contribution in [0.15, 0.2) is 24.3 Å². The fourth-order valence-corrected chi connectivity index (χ4v) is 3.33. The van der Waals surface area contributed by atoms with E-state index in [1.807, 2.05) is 22.8 Å². The monoisotopic (exact) mass is 357 g/mol. The summed E-state index contributed by atoms with van der Waals surface area (Å²) in [6.45, 7) is 3.41. The first-order valence-corrected chi connectivity index (χ1v) is 8.62. The zero-order valence-electron chi connectivity index (χ0n) is 14.4. The zero-order valence-corrected chi connectivity index (χ0v) is 14.4. The number of anilines is 1. The van der Waals surface area contributed by atoms with Crippen LogP contribution in [0, 0.1) is 0 Å². The van der Waals surface area contributed by atoms with Gasteiger partial charge >= 0.3 is 12.1 Å². The largest absolute Gasteiger partial charge is 0.459 e. The van der Waals surface area contributed by atoms with Crippen molar-refractivity contribution in [2.24, 2.45) is 0 Å². The highest BCUT2D eigenvalue weighted by molar-refractivity contribution is 5.99. The fraction of sp³-hybridized carbons (Fsp3) is 0.389. The molecule has 26 heavy (non-hydrogen) atoms. The van der Waals surface area contributed by atoms with Crippen LogP contribution in [0.1, 0.15) is 23.8 Å². The number of carbonyl (C=O) groups is 3. The molecule has 1 aromatic carbocycles. The molecular weight excluding hydrogens is 338 g/mol. The number of esters is 1.